The fraction of sp³-hybridized carbons (Fsp3) is 0.562. The molecular formula is C16H23NO2. The molecule has 1 unspecified atom stereocenters. The van der Waals surface area contributed by atoms with Crippen molar-refractivity contribution < 1.29 is 9.90 Å². The molecular weight excluding hydrogens is 238 g/mol. The van der Waals surface area contributed by atoms with Gasteiger partial charge in [0.2, 0.25) is 5.91 Å². The van der Waals surface area contributed by atoms with Gasteiger partial charge in [0.15, 0.2) is 0 Å². The SMILES string of the molecule is Cc1cccc(CCC(=O)N(C)CC(O)C2CC2)c1. The number of aliphatic hydroxyl groups is 1. The number of hydrogen-bond acceptors (Lipinski definition) is 2. The van der Waals surface area contributed by atoms with Gasteiger partial charge in [0.1, 0.15) is 0 Å². The van der Waals surface area contributed by atoms with Gasteiger partial charge in [0.05, 0.1) is 6.10 Å². The molecule has 0 spiro atoms. The highest BCUT2D eigenvalue weighted by Crippen LogP contribution is 2.32. The summed E-state index contributed by atoms with van der Waals surface area (Å²) in [7, 11) is 1.78. The summed E-state index contributed by atoms with van der Waals surface area (Å²) in [6.07, 6.45) is 3.15. The number of benzene rings is 1. The molecule has 1 N–H and O–H groups in total. The summed E-state index contributed by atoms with van der Waals surface area (Å²) in [6.45, 7) is 2.53. The van der Waals surface area contributed by atoms with Crippen LogP contribution in [0.3, 0.4) is 0 Å². The van der Waals surface area contributed by atoms with Crippen LogP contribution in [0.2, 0.25) is 0 Å². The Balaban J connectivity index is 1.76. The first kappa shape index (κ1) is 14.1. The molecule has 1 aliphatic carbocycles. The van der Waals surface area contributed by atoms with Crippen LogP contribution in [0.15, 0.2) is 24.3 Å². The number of rotatable bonds is 6. The molecule has 104 valence electrons. The van der Waals surface area contributed by atoms with E-state index in [1.807, 2.05) is 6.07 Å². The van der Waals surface area contributed by atoms with Gasteiger partial charge in [-0.25, -0.2) is 0 Å². The topological polar surface area (TPSA) is 40.5 Å². The van der Waals surface area contributed by atoms with Crippen LogP contribution in [0.1, 0.15) is 30.4 Å². The van der Waals surface area contributed by atoms with Gasteiger partial charge in [-0.3, -0.25) is 4.79 Å². The number of carbonyl (C=O) groups excluding carboxylic acids is 1. The molecule has 1 amide bonds. The van der Waals surface area contributed by atoms with E-state index in [1.165, 1.54) is 11.1 Å². The first-order chi connectivity index (χ1) is 9.06. The third-order valence-electron chi connectivity index (χ3n) is 3.76. The number of carbonyl (C=O) groups is 1. The average Bonchev–Trinajstić information content (AvgIpc) is 3.20. The molecule has 19 heavy (non-hydrogen) atoms. The molecule has 1 fully saturated rings. The minimum atomic E-state index is -0.340. The van der Waals surface area contributed by atoms with Gasteiger partial charge in [-0.1, -0.05) is 29.8 Å². The Kier molecular flexibility index (Phi) is 4.59. The lowest BCUT2D eigenvalue weighted by molar-refractivity contribution is -0.131. The Morgan fingerprint density at radius 2 is 2.21 bits per heavy atom. The normalized spacial score (nSPS) is 16.2. The Bertz CT molecular complexity index is 440. The van der Waals surface area contributed by atoms with Crippen LogP contribution in [0.25, 0.3) is 0 Å². The van der Waals surface area contributed by atoms with E-state index in [0.717, 1.165) is 19.3 Å². The van der Waals surface area contributed by atoms with Crippen molar-refractivity contribution in [2.45, 2.75) is 38.7 Å². The fourth-order valence-corrected chi connectivity index (χ4v) is 2.32. The maximum atomic E-state index is 12.0. The van der Waals surface area contributed by atoms with Crippen LogP contribution in [-0.2, 0) is 11.2 Å². The summed E-state index contributed by atoms with van der Waals surface area (Å²) in [5, 5.41) is 9.84. The molecule has 0 saturated heterocycles. The van der Waals surface area contributed by atoms with Crippen molar-refractivity contribution in [2.75, 3.05) is 13.6 Å². The molecule has 3 nitrogen and oxygen atoms in total. The van der Waals surface area contributed by atoms with E-state index in [4.69, 9.17) is 0 Å². The van der Waals surface area contributed by atoms with E-state index < -0.39 is 0 Å². The van der Waals surface area contributed by atoms with Crippen LogP contribution in [0.4, 0.5) is 0 Å². The zero-order valence-corrected chi connectivity index (χ0v) is 11.8. The zero-order valence-electron chi connectivity index (χ0n) is 11.8. The largest absolute Gasteiger partial charge is 0.391 e. The summed E-state index contributed by atoms with van der Waals surface area (Å²) in [5.74, 6) is 0.535. The Hall–Kier alpha value is -1.35. The molecule has 1 aliphatic rings. The summed E-state index contributed by atoms with van der Waals surface area (Å²) < 4.78 is 0. The number of aliphatic hydroxyl groups excluding tert-OH is 1. The maximum Gasteiger partial charge on any atom is 0.222 e. The summed E-state index contributed by atoms with van der Waals surface area (Å²) in [5.41, 5.74) is 2.42. The van der Waals surface area contributed by atoms with Crippen molar-refractivity contribution >= 4 is 5.91 Å². The second-order valence-corrected chi connectivity index (χ2v) is 5.67. The van der Waals surface area contributed by atoms with Crippen molar-refractivity contribution in [3.63, 3.8) is 0 Å². The number of likely N-dealkylation sites (N-methyl/N-ethyl adjacent to an activating group) is 1. The van der Waals surface area contributed by atoms with Crippen LogP contribution >= 0.6 is 0 Å². The second kappa shape index (κ2) is 6.20. The van der Waals surface area contributed by atoms with Crippen molar-refractivity contribution in [3.8, 4) is 0 Å². The number of amides is 1. The summed E-state index contributed by atoms with van der Waals surface area (Å²) in [6, 6.07) is 8.25. The van der Waals surface area contributed by atoms with E-state index in [1.54, 1.807) is 11.9 Å². The lowest BCUT2D eigenvalue weighted by Gasteiger charge is -2.20. The van der Waals surface area contributed by atoms with E-state index in [2.05, 4.69) is 25.1 Å². The van der Waals surface area contributed by atoms with Gasteiger partial charge in [-0.05, 0) is 37.7 Å². The molecule has 1 aromatic carbocycles. The van der Waals surface area contributed by atoms with Gasteiger partial charge in [-0.2, -0.15) is 0 Å². The first-order valence-electron chi connectivity index (χ1n) is 7.04. The monoisotopic (exact) mass is 261 g/mol. The van der Waals surface area contributed by atoms with Crippen LogP contribution < -0.4 is 0 Å². The molecule has 1 atom stereocenters. The molecule has 0 radical (unpaired) electrons. The predicted molar refractivity (Wildman–Crippen MR) is 75.9 cm³/mol. The molecule has 0 bridgehead atoms. The lowest BCUT2D eigenvalue weighted by atomic mass is 10.1. The van der Waals surface area contributed by atoms with Crippen molar-refractivity contribution in [2.24, 2.45) is 5.92 Å². The molecule has 0 heterocycles. The van der Waals surface area contributed by atoms with E-state index in [-0.39, 0.29) is 12.0 Å². The molecule has 0 aromatic heterocycles. The van der Waals surface area contributed by atoms with E-state index in [9.17, 15) is 9.90 Å². The Morgan fingerprint density at radius 3 is 2.84 bits per heavy atom. The number of nitrogens with zero attached hydrogens (tertiary/aromatic N) is 1. The minimum absolute atomic E-state index is 0.112. The second-order valence-electron chi connectivity index (χ2n) is 5.67. The van der Waals surface area contributed by atoms with Gasteiger partial charge >= 0.3 is 0 Å². The summed E-state index contributed by atoms with van der Waals surface area (Å²) in [4.78, 5) is 13.7. The Labute approximate surface area is 115 Å². The highest BCUT2D eigenvalue weighted by Gasteiger charge is 2.30. The molecule has 1 saturated carbocycles. The van der Waals surface area contributed by atoms with Crippen molar-refractivity contribution in [3.05, 3.63) is 35.4 Å². The summed E-state index contributed by atoms with van der Waals surface area (Å²) >= 11 is 0. The predicted octanol–water partition coefficient (Wildman–Crippen LogP) is 2.16. The fourth-order valence-electron chi connectivity index (χ4n) is 2.32. The third kappa shape index (κ3) is 4.35. The van der Waals surface area contributed by atoms with Crippen molar-refractivity contribution in [1.29, 1.82) is 0 Å². The molecule has 0 aliphatic heterocycles. The molecule has 1 aromatic rings. The lowest BCUT2D eigenvalue weighted by Crippen LogP contribution is -2.35. The zero-order chi connectivity index (χ0) is 13.8. The number of hydrogen-bond donors (Lipinski definition) is 1. The van der Waals surface area contributed by atoms with Crippen LogP contribution in [0.5, 0.6) is 0 Å². The maximum absolute atomic E-state index is 12.0. The van der Waals surface area contributed by atoms with Gasteiger partial charge in [-0.15, -0.1) is 0 Å². The van der Waals surface area contributed by atoms with E-state index >= 15 is 0 Å². The number of aryl methyl sites for hydroxylation is 2. The standard InChI is InChI=1S/C16H23NO2/c1-12-4-3-5-13(10-12)6-9-16(19)17(2)11-15(18)14-7-8-14/h3-5,10,14-15,18H,6-9,11H2,1-2H3. The minimum Gasteiger partial charge on any atom is -0.391 e. The third-order valence-corrected chi connectivity index (χ3v) is 3.76. The highest BCUT2D eigenvalue weighted by molar-refractivity contribution is 5.76. The van der Waals surface area contributed by atoms with Crippen LogP contribution in [-0.4, -0.2) is 35.6 Å². The van der Waals surface area contributed by atoms with Crippen LogP contribution in [0, 0.1) is 12.8 Å². The van der Waals surface area contributed by atoms with Gasteiger partial charge in [0.25, 0.3) is 0 Å². The van der Waals surface area contributed by atoms with Crippen molar-refractivity contribution in [1.82, 2.24) is 4.90 Å². The van der Waals surface area contributed by atoms with E-state index in [0.29, 0.717) is 18.9 Å². The smallest absolute Gasteiger partial charge is 0.222 e. The quantitative estimate of drug-likeness (QED) is 0.852. The molecule has 3 heteroatoms. The highest BCUT2D eigenvalue weighted by atomic mass is 16.3. The van der Waals surface area contributed by atoms with Gasteiger partial charge < -0.3 is 10.0 Å². The first-order valence-corrected chi connectivity index (χ1v) is 7.04. The molecule has 2 rings (SSSR count). The Morgan fingerprint density at radius 1 is 1.47 bits per heavy atom. The average molecular weight is 261 g/mol. The van der Waals surface area contributed by atoms with Gasteiger partial charge in [0, 0.05) is 20.0 Å².